The van der Waals surface area contributed by atoms with Crippen LogP contribution in [0.1, 0.15) is 30.0 Å². The molecule has 0 amide bonds. The van der Waals surface area contributed by atoms with Crippen LogP contribution in [-0.2, 0) is 0 Å². The van der Waals surface area contributed by atoms with Gasteiger partial charge in [-0.3, -0.25) is 5.01 Å². The molecule has 0 spiro atoms. The van der Waals surface area contributed by atoms with Crippen LogP contribution < -0.4 is 0 Å². The van der Waals surface area contributed by atoms with Gasteiger partial charge in [0.25, 0.3) is 0 Å². The van der Waals surface area contributed by atoms with E-state index in [2.05, 4.69) is 18.1 Å². The number of nitriles is 1. The molecule has 1 heterocycles. The second-order valence-electron chi connectivity index (χ2n) is 5.18. The molecule has 1 aliphatic rings. The van der Waals surface area contributed by atoms with Crippen LogP contribution in [0.5, 0.6) is 0 Å². The van der Waals surface area contributed by atoms with Gasteiger partial charge in [-0.25, -0.2) is 0 Å². The fourth-order valence-corrected chi connectivity index (χ4v) is 2.68. The minimum atomic E-state index is 0.0837. The minimum absolute atomic E-state index is 0.0837. The highest BCUT2D eigenvalue weighted by molar-refractivity contribution is 6.32. The average molecular weight is 292 g/mol. The van der Waals surface area contributed by atoms with Gasteiger partial charge in [-0.15, -0.1) is 0 Å². The Hall–Kier alpha value is -1.57. The van der Waals surface area contributed by atoms with E-state index in [-0.39, 0.29) is 12.6 Å². The molecule has 1 aliphatic heterocycles. The van der Waals surface area contributed by atoms with Gasteiger partial charge >= 0.3 is 0 Å². The van der Waals surface area contributed by atoms with E-state index in [4.69, 9.17) is 16.9 Å². The summed E-state index contributed by atoms with van der Waals surface area (Å²) in [7, 11) is 0. The third-order valence-electron chi connectivity index (χ3n) is 3.93. The van der Waals surface area contributed by atoms with Gasteiger partial charge < -0.3 is 5.11 Å². The Morgan fingerprint density at radius 1 is 1.60 bits per heavy atom. The molecular formula is C15H18ClN3O. The molecule has 1 N–H and O–H groups in total. The summed E-state index contributed by atoms with van der Waals surface area (Å²) < 4.78 is 0. The van der Waals surface area contributed by atoms with Crippen LogP contribution in [-0.4, -0.2) is 35.5 Å². The maximum absolute atomic E-state index is 9.40. The average Bonchev–Trinajstić information content (AvgIpc) is 2.81. The van der Waals surface area contributed by atoms with Crippen molar-refractivity contribution in [1.29, 1.82) is 5.26 Å². The number of aliphatic hydroxyl groups excluding tert-OH is 1. The fraction of sp³-hybridized carbons (Fsp3) is 0.467. The normalized spacial score (nSPS) is 22.4. The Morgan fingerprint density at radius 2 is 2.35 bits per heavy atom. The summed E-state index contributed by atoms with van der Waals surface area (Å²) in [4.78, 5) is 0. The zero-order chi connectivity index (χ0) is 14.7. The molecular weight excluding hydrogens is 274 g/mol. The minimum Gasteiger partial charge on any atom is -0.394 e. The quantitative estimate of drug-likeness (QED) is 0.871. The Morgan fingerprint density at radius 3 is 3.00 bits per heavy atom. The SMILES string of the molecule is Cc1c(/C=N/N2CC[C@H](C)[C@H]2CO)ccc(C#N)c1Cl. The van der Waals surface area contributed by atoms with E-state index < -0.39 is 0 Å². The summed E-state index contributed by atoms with van der Waals surface area (Å²) in [6.07, 6.45) is 2.79. The zero-order valence-electron chi connectivity index (χ0n) is 11.7. The fourth-order valence-electron chi connectivity index (χ4n) is 2.47. The number of hydrogen-bond acceptors (Lipinski definition) is 4. The molecule has 1 fully saturated rings. The monoisotopic (exact) mass is 291 g/mol. The predicted octanol–water partition coefficient (Wildman–Crippen LogP) is 2.56. The highest BCUT2D eigenvalue weighted by Gasteiger charge is 2.29. The molecule has 20 heavy (non-hydrogen) atoms. The molecule has 0 aliphatic carbocycles. The van der Waals surface area contributed by atoms with E-state index in [1.54, 1.807) is 12.3 Å². The maximum Gasteiger partial charge on any atom is 0.101 e. The molecule has 0 saturated carbocycles. The van der Waals surface area contributed by atoms with Crippen molar-refractivity contribution in [3.05, 3.63) is 33.8 Å². The molecule has 2 rings (SSSR count). The van der Waals surface area contributed by atoms with E-state index in [0.717, 1.165) is 24.1 Å². The second kappa shape index (κ2) is 6.25. The van der Waals surface area contributed by atoms with Crippen LogP contribution in [0.3, 0.4) is 0 Å². The van der Waals surface area contributed by atoms with Crippen molar-refractivity contribution in [2.45, 2.75) is 26.3 Å². The van der Waals surface area contributed by atoms with Crippen molar-refractivity contribution < 1.29 is 5.11 Å². The van der Waals surface area contributed by atoms with E-state index in [9.17, 15) is 5.11 Å². The summed E-state index contributed by atoms with van der Waals surface area (Å²) in [6.45, 7) is 4.97. The second-order valence-corrected chi connectivity index (χ2v) is 5.55. The van der Waals surface area contributed by atoms with Gasteiger partial charge in [0.05, 0.1) is 29.4 Å². The van der Waals surface area contributed by atoms with Crippen molar-refractivity contribution in [3.63, 3.8) is 0 Å². The lowest BCUT2D eigenvalue weighted by Gasteiger charge is -2.21. The van der Waals surface area contributed by atoms with Crippen LogP contribution in [0.4, 0.5) is 0 Å². The van der Waals surface area contributed by atoms with E-state index in [1.807, 2.05) is 18.0 Å². The van der Waals surface area contributed by atoms with E-state index >= 15 is 0 Å². The zero-order valence-corrected chi connectivity index (χ0v) is 12.4. The van der Waals surface area contributed by atoms with Gasteiger partial charge in [-0.05, 0) is 36.5 Å². The number of hydrazone groups is 1. The molecule has 106 valence electrons. The van der Waals surface area contributed by atoms with Crippen molar-refractivity contribution in [3.8, 4) is 6.07 Å². The first-order chi connectivity index (χ1) is 9.58. The predicted molar refractivity (Wildman–Crippen MR) is 79.9 cm³/mol. The Kier molecular flexibility index (Phi) is 4.64. The van der Waals surface area contributed by atoms with Gasteiger partial charge in [0.15, 0.2) is 0 Å². The van der Waals surface area contributed by atoms with Crippen molar-refractivity contribution >= 4 is 17.8 Å². The molecule has 5 heteroatoms. The van der Waals surface area contributed by atoms with Gasteiger partial charge in [0, 0.05) is 6.54 Å². The van der Waals surface area contributed by atoms with Crippen LogP contribution >= 0.6 is 11.6 Å². The Bertz CT molecular complexity index is 565. The molecule has 2 atom stereocenters. The summed E-state index contributed by atoms with van der Waals surface area (Å²) in [5.74, 6) is 0.447. The number of rotatable bonds is 3. The van der Waals surface area contributed by atoms with Gasteiger partial charge in [0.1, 0.15) is 6.07 Å². The molecule has 0 radical (unpaired) electrons. The van der Waals surface area contributed by atoms with E-state index in [0.29, 0.717) is 16.5 Å². The van der Waals surface area contributed by atoms with Crippen molar-refractivity contribution in [2.24, 2.45) is 11.0 Å². The first-order valence-electron chi connectivity index (χ1n) is 6.69. The lowest BCUT2D eigenvalue weighted by molar-refractivity contribution is 0.143. The van der Waals surface area contributed by atoms with Gasteiger partial charge in [0.2, 0.25) is 0 Å². The molecule has 1 aromatic carbocycles. The third-order valence-corrected chi connectivity index (χ3v) is 4.42. The molecule has 0 aromatic heterocycles. The maximum atomic E-state index is 9.40. The van der Waals surface area contributed by atoms with Crippen molar-refractivity contribution in [1.82, 2.24) is 5.01 Å². The summed E-state index contributed by atoms with van der Waals surface area (Å²) >= 11 is 6.14. The van der Waals surface area contributed by atoms with E-state index in [1.165, 1.54) is 0 Å². The summed E-state index contributed by atoms with van der Waals surface area (Å²) in [5.41, 5.74) is 2.22. The first kappa shape index (κ1) is 14.8. The smallest absolute Gasteiger partial charge is 0.101 e. The molecule has 4 nitrogen and oxygen atoms in total. The molecule has 1 aromatic rings. The number of aliphatic hydroxyl groups is 1. The molecule has 0 unspecified atom stereocenters. The van der Waals surface area contributed by atoms with Gasteiger partial charge in [-0.2, -0.15) is 10.4 Å². The molecule has 1 saturated heterocycles. The lowest BCUT2D eigenvalue weighted by Crippen LogP contribution is -2.31. The Balaban J connectivity index is 2.21. The number of hydrogen-bond donors (Lipinski definition) is 1. The van der Waals surface area contributed by atoms with Crippen LogP contribution in [0.15, 0.2) is 17.2 Å². The van der Waals surface area contributed by atoms with Crippen LogP contribution in [0.2, 0.25) is 5.02 Å². The first-order valence-corrected chi connectivity index (χ1v) is 7.07. The summed E-state index contributed by atoms with van der Waals surface area (Å²) in [5, 5.41) is 25.2. The number of benzene rings is 1. The number of halogens is 1. The highest BCUT2D eigenvalue weighted by Crippen LogP contribution is 2.25. The standard InChI is InChI=1S/C15H18ClN3O/c1-10-5-6-19(14(10)9-20)18-8-13-4-3-12(7-17)15(16)11(13)2/h3-4,8,10,14,20H,5-6,9H2,1-2H3/b18-8+/t10-,14+/m0/s1. The largest absolute Gasteiger partial charge is 0.394 e. The van der Waals surface area contributed by atoms with Crippen LogP contribution in [0, 0.1) is 24.2 Å². The Labute approximate surface area is 124 Å². The number of nitrogens with zero attached hydrogens (tertiary/aromatic N) is 3. The summed E-state index contributed by atoms with van der Waals surface area (Å²) in [6, 6.07) is 5.69. The highest BCUT2D eigenvalue weighted by atomic mass is 35.5. The van der Waals surface area contributed by atoms with Gasteiger partial charge in [-0.1, -0.05) is 24.6 Å². The third kappa shape index (κ3) is 2.79. The molecule has 0 bridgehead atoms. The van der Waals surface area contributed by atoms with Crippen molar-refractivity contribution in [2.75, 3.05) is 13.2 Å². The lowest BCUT2D eigenvalue weighted by atomic mass is 10.0. The topological polar surface area (TPSA) is 59.6 Å². The van der Waals surface area contributed by atoms with Crippen LogP contribution in [0.25, 0.3) is 0 Å².